The molecule has 2 unspecified atom stereocenters. The fraction of sp³-hybridized carbons (Fsp3) is 0.929. The first-order valence-electron chi connectivity index (χ1n) is 7.33. The van der Waals surface area contributed by atoms with Crippen molar-refractivity contribution in [2.75, 3.05) is 13.2 Å². The van der Waals surface area contributed by atoms with Gasteiger partial charge >= 0.3 is 5.97 Å². The van der Waals surface area contributed by atoms with Crippen LogP contribution in [0.1, 0.15) is 51.4 Å². The lowest BCUT2D eigenvalue weighted by molar-refractivity contribution is -0.164. The van der Waals surface area contributed by atoms with Gasteiger partial charge in [-0.05, 0) is 51.5 Å². The van der Waals surface area contributed by atoms with Crippen LogP contribution in [-0.4, -0.2) is 46.8 Å². The van der Waals surface area contributed by atoms with E-state index in [0.29, 0.717) is 6.04 Å². The van der Waals surface area contributed by atoms with E-state index in [1.165, 1.54) is 19.3 Å². The molecule has 0 aromatic rings. The molecule has 0 aromatic carbocycles. The van der Waals surface area contributed by atoms with Crippen LogP contribution in [0.4, 0.5) is 0 Å². The lowest BCUT2D eigenvalue weighted by atomic mass is 9.73. The molecule has 0 radical (unpaired) electrons. The molecule has 0 amide bonds. The molecular weight excluding hydrogens is 230 g/mol. The number of rotatable bonds is 2. The third-order valence-corrected chi connectivity index (χ3v) is 5.03. The molecule has 18 heavy (non-hydrogen) atoms. The van der Waals surface area contributed by atoms with Crippen LogP contribution >= 0.6 is 0 Å². The Kier molecular flexibility index (Phi) is 3.32. The number of hydrogen-bond donors (Lipinski definition) is 1. The molecule has 2 heterocycles. The fourth-order valence-electron chi connectivity index (χ4n) is 3.86. The van der Waals surface area contributed by atoms with E-state index in [1.54, 1.807) is 0 Å². The maximum absolute atomic E-state index is 11.4. The quantitative estimate of drug-likeness (QED) is 0.818. The van der Waals surface area contributed by atoms with Crippen molar-refractivity contribution in [2.24, 2.45) is 0 Å². The second kappa shape index (κ2) is 4.82. The zero-order chi connectivity index (χ0) is 12.6. The minimum Gasteiger partial charge on any atom is -0.480 e. The van der Waals surface area contributed by atoms with Gasteiger partial charge in [-0.25, -0.2) is 0 Å². The molecule has 0 bridgehead atoms. The van der Waals surface area contributed by atoms with Crippen LogP contribution in [0.25, 0.3) is 0 Å². The lowest BCUT2D eigenvalue weighted by Crippen LogP contribution is -2.57. The Labute approximate surface area is 108 Å². The van der Waals surface area contributed by atoms with E-state index in [2.05, 4.69) is 4.90 Å². The second-order valence-electron chi connectivity index (χ2n) is 6.12. The molecule has 2 saturated heterocycles. The van der Waals surface area contributed by atoms with Gasteiger partial charge in [0.05, 0.1) is 5.60 Å². The van der Waals surface area contributed by atoms with Crippen molar-refractivity contribution in [2.45, 2.75) is 69.1 Å². The van der Waals surface area contributed by atoms with Gasteiger partial charge < -0.3 is 9.84 Å². The monoisotopic (exact) mass is 253 g/mol. The van der Waals surface area contributed by atoms with Gasteiger partial charge in [-0.3, -0.25) is 9.69 Å². The van der Waals surface area contributed by atoms with E-state index in [4.69, 9.17) is 4.74 Å². The van der Waals surface area contributed by atoms with Gasteiger partial charge in [0.1, 0.15) is 6.04 Å². The number of carboxylic acid groups (broad SMARTS) is 1. The molecule has 3 aliphatic rings. The normalized spacial score (nSPS) is 36.2. The van der Waals surface area contributed by atoms with Crippen molar-refractivity contribution in [1.29, 1.82) is 0 Å². The minimum absolute atomic E-state index is 0.115. The second-order valence-corrected chi connectivity index (χ2v) is 6.12. The average Bonchev–Trinajstić information content (AvgIpc) is 2.37. The molecule has 2 atom stereocenters. The SMILES string of the molecule is O=C(O)C1CCCCN1C1CCOC2(CCC2)C1. The van der Waals surface area contributed by atoms with Gasteiger partial charge in [0.2, 0.25) is 0 Å². The Morgan fingerprint density at radius 2 is 2.06 bits per heavy atom. The molecule has 1 saturated carbocycles. The molecule has 1 N–H and O–H groups in total. The topological polar surface area (TPSA) is 49.8 Å². The largest absolute Gasteiger partial charge is 0.480 e. The summed E-state index contributed by atoms with van der Waals surface area (Å²) in [6, 6.07) is 0.180. The average molecular weight is 253 g/mol. The van der Waals surface area contributed by atoms with Crippen LogP contribution in [-0.2, 0) is 9.53 Å². The molecule has 4 heteroatoms. The third kappa shape index (κ3) is 2.16. The summed E-state index contributed by atoms with van der Waals surface area (Å²) < 4.78 is 5.94. The van der Waals surface area contributed by atoms with Crippen molar-refractivity contribution in [3.63, 3.8) is 0 Å². The smallest absolute Gasteiger partial charge is 0.320 e. The van der Waals surface area contributed by atoms with Crippen LogP contribution in [0.15, 0.2) is 0 Å². The number of nitrogens with zero attached hydrogens (tertiary/aromatic N) is 1. The summed E-state index contributed by atoms with van der Waals surface area (Å²) in [6.45, 7) is 1.77. The Bertz CT molecular complexity index is 327. The van der Waals surface area contributed by atoms with Gasteiger partial charge in [-0.2, -0.15) is 0 Å². The van der Waals surface area contributed by atoms with Crippen molar-refractivity contribution < 1.29 is 14.6 Å². The maximum atomic E-state index is 11.4. The van der Waals surface area contributed by atoms with E-state index < -0.39 is 5.97 Å². The molecule has 1 spiro atoms. The summed E-state index contributed by atoms with van der Waals surface area (Å²) in [5.74, 6) is -0.635. The van der Waals surface area contributed by atoms with Gasteiger partial charge in [-0.1, -0.05) is 6.42 Å². The molecule has 3 rings (SSSR count). The number of aliphatic carboxylic acids is 1. The Morgan fingerprint density at radius 3 is 2.72 bits per heavy atom. The highest BCUT2D eigenvalue weighted by Crippen LogP contribution is 2.44. The summed E-state index contributed by atoms with van der Waals surface area (Å²) in [7, 11) is 0. The summed E-state index contributed by atoms with van der Waals surface area (Å²) in [5, 5.41) is 9.37. The fourth-order valence-corrected chi connectivity index (χ4v) is 3.86. The van der Waals surface area contributed by atoms with E-state index >= 15 is 0 Å². The number of ether oxygens (including phenoxy) is 1. The standard InChI is InChI=1S/C14H23NO3/c16-13(17)12-4-1-2-8-15(12)11-5-9-18-14(10-11)6-3-7-14/h11-12H,1-10H2,(H,16,17). The van der Waals surface area contributed by atoms with Crippen molar-refractivity contribution in [3.8, 4) is 0 Å². The Morgan fingerprint density at radius 1 is 1.22 bits per heavy atom. The van der Waals surface area contributed by atoms with Crippen LogP contribution in [0.5, 0.6) is 0 Å². The van der Waals surface area contributed by atoms with E-state index in [9.17, 15) is 9.90 Å². The van der Waals surface area contributed by atoms with Gasteiger partial charge in [-0.15, -0.1) is 0 Å². The first-order chi connectivity index (χ1) is 8.70. The predicted molar refractivity (Wildman–Crippen MR) is 67.5 cm³/mol. The van der Waals surface area contributed by atoms with Crippen molar-refractivity contribution >= 4 is 5.97 Å². The Balaban J connectivity index is 1.69. The Hall–Kier alpha value is -0.610. The van der Waals surface area contributed by atoms with Gasteiger partial charge in [0.25, 0.3) is 0 Å². The molecule has 2 aliphatic heterocycles. The highest BCUT2D eigenvalue weighted by molar-refractivity contribution is 5.73. The lowest BCUT2D eigenvalue weighted by Gasteiger charge is -2.51. The predicted octanol–water partition coefficient (Wildman–Crippen LogP) is 2.03. The zero-order valence-electron chi connectivity index (χ0n) is 10.9. The number of piperidine rings is 1. The number of carbonyl (C=O) groups is 1. The molecule has 3 fully saturated rings. The number of carboxylic acids is 1. The summed E-state index contributed by atoms with van der Waals surface area (Å²) in [5.41, 5.74) is 0.115. The minimum atomic E-state index is -0.635. The molecular formula is C14H23NO3. The van der Waals surface area contributed by atoms with Gasteiger partial charge in [0.15, 0.2) is 0 Å². The molecule has 0 aromatic heterocycles. The third-order valence-electron chi connectivity index (χ3n) is 5.03. The molecule has 102 valence electrons. The van der Waals surface area contributed by atoms with E-state index in [-0.39, 0.29) is 11.6 Å². The van der Waals surface area contributed by atoms with Crippen LogP contribution in [0, 0.1) is 0 Å². The van der Waals surface area contributed by atoms with Crippen molar-refractivity contribution in [3.05, 3.63) is 0 Å². The number of likely N-dealkylation sites (tertiary alicyclic amines) is 1. The van der Waals surface area contributed by atoms with Gasteiger partial charge in [0, 0.05) is 12.6 Å². The highest BCUT2D eigenvalue weighted by Gasteiger charge is 2.45. The molecule has 1 aliphatic carbocycles. The first-order valence-corrected chi connectivity index (χ1v) is 7.33. The molecule has 4 nitrogen and oxygen atoms in total. The summed E-state index contributed by atoms with van der Waals surface area (Å²) in [6.07, 6.45) is 8.71. The summed E-state index contributed by atoms with van der Waals surface area (Å²) in [4.78, 5) is 13.6. The highest BCUT2D eigenvalue weighted by atomic mass is 16.5. The van der Waals surface area contributed by atoms with Crippen LogP contribution in [0.3, 0.4) is 0 Å². The zero-order valence-corrected chi connectivity index (χ0v) is 10.9. The van der Waals surface area contributed by atoms with Crippen LogP contribution < -0.4 is 0 Å². The van der Waals surface area contributed by atoms with E-state index in [1.807, 2.05) is 0 Å². The summed E-state index contributed by atoms with van der Waals surface area (Å²) >= 11 is 0. The van der Waals surface area contributed by atoms with E-state index in [0.717, 1.165) is 45.3 Å². The van der Waals surface area contributed by atoms with Crippen LogP contribution in [0.2, 0.25) is 0 Å². The van der Waals surface area contributed by atoms with Crippen molar-refractivity contribution in [1.82, 2.24) is 4.90 Å². The number of hydrogen-bond acceptors (Lipinski definition) is 3. The maximum Gasteiger partial charge on any atom is 0.320 e. The first kappa shape index (κ1) is 12.4.